The number of hydrogen-bond donors (Lipinski definition) is 1. The van der Waals surface area contributed by atoms with Crippen molar-refractivity contribution in [2.45, 2.75) is 23.8 Å². The Kier molecular flexibility index (Phi) is 5.95. The van der Waals surface area contributed by atoms with Crippen molar-refractivity contribution in [1.82, 2.24) is 0 Å². The van der Waals surface area contributed by atoms with Gasteiger partial charge in [0, 0.05) is 6.07 Å². The number of nitrogens with zero attached hydrogens (tertiary/aromatic N) is 1. The van der Waals surface area contributed by atoms with Gasteiger partial charge in [0.1, 0.15) is 19.0 Å². The number of carbonyl (C=O) groups is 1. The second kappa shape index (κ2) is 8.41. The van der Waals surface area contributed by atoms with E-state index >= 15 is 0 Å². The highest BCUT2D eigenvalue weighted by molar-refractivity contribution is 7.85. The molecule has 9 nitrogen and oxygen atoms in total. The van der Waals surface area contributed by atoms with E-state index in [1.165, 1.54) is 30.3 Å². The van der Waals surface area contributed by atoms with E-state index < -0.39 is 21.1 Å². The highest BCUT2D eigenvalue weighted by Crippen LogP contribution is 2.41. The predicted molar refractivity (Wildman–Crippen MR) is 103 cm³/mol. The molecule has 1 atom stereocenters. The summed E-state index contributed by atoms with van der Waals surface area (Å²) >= 11 is 0. The normalized spacial score (nSPS) is 16.0. The maximum Gasteiger partial charge on any atom is 0.294 e. The average molecular weight is 419 g/mol. The van der Waals surface area contributed by atoms with Gasteiger partial charge in [0.25, 0.3) is 15.8 Å². The fourth-order valence-corrected chi connectivity index (χ4v) is 3.42. The molecule has 0 fully saturated rings. The number of nitro groups is 1. The molecule has 0 bridgehead atoms. The van der Waals surface area contributed by atoms with Crippen molar-refractivity contribution in [1.29, 1.82) is 0 Å². The standard InChI is InChI=1S/C19H17NO8S/c21-11-1-2-16-17(20(22)23)9-10-18-19(16)28-14(12-27-18)6-3-13-4-7-15(8-5-13)29(24,25)26/h1-2,4-5,7-11,14H,3,6,12H2,(H,24,25,26). The van der Waals surface area contributed by atoms with Crippen LogP contribution in [0.25, 0.3) is 6.08 Å². The van der Waals surface area contributed by atoms with Gasteiger partial charge in [-0.3, -0.25) is 19.5 Å². The summed E-state index contributed by atoms with van der Waals surface area (Å²) in [4.78, 5) is 21.2. The van der Waals surface area contributed by atoms with Crippen LogP contribution in [0, 0.1) is 10.1 Å². The number of nitro benzene ring substituents is 1. The van der Waals surface area contributed by atoms with Gasteiger partial charge >= 0.3 is 0 Å². The largest absolute Gasteiger partial charge is 0.486 e. The molecular formula is C19H17NO8S. The summed E-state index contributed by atoms with van der Waals surface area (Å²) in [6.45, 7) is 0.241. The number of carbonyl (C=O) groups excluding carboxylic acids is 1. The van der Waals surface area contributed by atoms with Crippen LogP contribution in [0.2, 0.25) is 0 Å². The van der Waals surface area contributed by atoms with Crippen molar-refractivity contribution in [3.63, 3.8) is 0 Å². The van der Waals surface area contributed by atoms with Crippen molar-refractivity contribution in [2.24, 2.45) is 0 Å². The molecule has 0 radical (unpaired) electrons. The van der Waals surface area contributed by atoms with Gasteiger partial charge in [-0.25, -0.2) is 0 Å². The Labute approximate surface area is 166 Å². The molecule has 10 heteroatoms. The smallest absolute Gasteiger partial charge is 0.294 e. The van der Waals surface area contributed by atoms with E-state index in [4.69, 9.17) is 14.0 Å². The molecule has 1 unspecified atom stereocenters. The summed E-state index contributed by atoms with van der Waals surface area (Å²) in [6, 6.07) is 8.54. The van der Waals surface area contributed by atoms with Crippen molar-refractivity contribution in [3.8, 4) is 11.5 Å². The first-order chi connectivity index (χ1) is 13.8. The van der Waals surface area contributed by atoms with Crippen LogP contribution in [0.1, 0.15) is 17.5 Å². The molecule has 0 saturated heterocycles. The number of fused-ring (bicyclic) bond motifs is 1. The van der Waals surface area contributed by atoms with E-state index in [1.54, 1.807) is 12.1 Å². The summed E-state index contributed by atoms with van der Waals surface area (Å²) in [6.07, 6.45) is 3.61. The molecule has 1 aliphatic rings. The molecule has 2 aromatic carbocycles. The van der Waals surface area contributed by atoms with Gasteiger partial charge in [-0.2, -0.15) is 8.42 Å². The van der Waals surface area contributed by atoms with Crippen LogP contribution in [0.4, 0.5) is 5.69 Å². The topological polar surface area (TPSA) is 133 Å². The Balaban J connectivity index is 1.76. The minimum Gasteiger partial charge on any atom is -0.486 e. The lowest BCUT2D eigenvalue weighted by Crippen LogP contribution is -2.30. The van der Waals surface area contributed by atoms with Gasteiger partial charge in [-0.1, -0.05) is 12.1 Å². The molecular weight excluding hydrogens is 402 g/mol. The van der Waals surface area contributed by atoms with Crippen molar-refractivity contribution < 1.29 is 32.2 Å². The zero-order valence-electron chi connectivity index (χ0n) is 15.1. The molecule has 1 N–H and O–H groups in total. The zero-order chi connectivity index (χ0) is 21.0. The number of hydrogen-bond acceptors (Lipinski definition) is 7. The fraction of sp³-hybridized carbons (Fsp3) is 0.211. The summed E-state index contributed by atoms with van der Waals surface area (Å²) in [5.41, 5.74) is 0.778. The molecule has 1 heterocycles. The monoisotopic (exact) mass is 419 g/mol. The summed E-state index contributed by atoms with van der Waals surface area (Å²) in [7, 11) is -4.24. The third-order valence-corrected chi connectivity index (χ3v) is 5.23. The van der Waals surface area contributed by atoms with Gasteiger partial charge in [0.15, 0.2) is 11.5 Å². The number of benzene rings is 2. The first-order valence-corrected chi connectivity index (χ1v) is 10.0. The van der Waals surface area contributed by atoms with Crippen LogP contribution >= 0.6 is 0 Å². The molecule has 0 amide bonds. The lowest BCUT2D eigenvalue weighted by Gasteiger charge is -2.27. The predicted octanol–water partition coefficient (Wildman–Crippen LogP) is 2.83. The third-order valence-electron chi connectivity index (χ3n) is 4.36. The van der Waals surface area contributed by atoms with Crippen LogP contribution < -0.4 is 9.47 Å². The maximum absolute atomic E-state index is 11.3. The minimum absolute atomic E-state index is 0.154. The maximum atomic E-state index is 11.3. The van der Waals surface area contributed by atoms with Gasteiger partial charge < -0.3 is 9.47 Å². The molecule has 3 rings (SSSR count). The summed E-state index contributed by atoms with van der Waals surface area (Å²) < 4.78 is 42.8. The first kappa shape index (κ1) is 20.5. The van der Waals surface area contributed by atoms with E-state index in [9.17, 15) is 23.3 Å². The molecule has 152 valence electrons. The van der Waals surface area contributed by atoms with E-state index in [-0.39, 0.29) is 28.5 Å². The van der Waals surface area contributed by atoms with Crippen LogP contribution in [0.5, 0.6) is 11.5 Å². The second-order valence-corrected chi connectivity index (χ2v) is 7.71. The van der Waals surface area contributed by atoms with Gasteiger partial charge in [0.05, 0.1) is 15.4 Å². The highest BCUT2D eigenvalue weighted by Gasteiger charge is 2.28. The Morgan fingerprint density at radius 3 is 2.55 bits per heavy atom. The fourth-order valence-electron chi connectivity index (χ4n) is 2.94. The number of aldehydes is 1. The Hall–Kier alpha value is -3.24. The molecule has 0 saturated carbocycles. The van der Waals surface area contributed by atoms with Gasteiger partial charge in [-0.05, 0) is 48.8 Å². The quantitative estimate of drug-likeness (QED) is 0.238. The van der Waals surface area contributed by atoms with Gasteiger partial charge in [0.2, 0.25) is 0 Å². The van der Waals surface area contributed by atoms with Crippen molar-refractivity contribution in [2.75, 3.05) is 6.61 Å². The lowest BCUT2D eigenvalue weighted by molar-refractivity contribution is -0.385. The number of ether oxygens (including phenoxy) is 2. The van der Waals surface area contributed by atoms with Crippen LogP contribution in [0.15, 0.2) is 47.4 Å². The number of rotatable bonds is 7. The first-order valence-electron chi connectivity index (χ1n) is 8.58. The molecule has 0 aromatic heterocycles. The second-order valence-electron chi connectivity index (χ2n) is 6.29. The summed E-state index contributed by atoms with van der Waals surface area (Å²) in [5, 5.41) is 11.3. The Morgan fingerprint density at radius 1 is 1.21 bits per heavy atom. The zero-order valence-corrected chi connectivity index (χ0v) is 15.9. The molecule has 2 aromatic rings. The van der Waals surface area contributed by atoms with E-state index in [2.05, 4.69) is 0 Å². The minimum atomic E-state index is -4.24. The van der Waals surface area contributed by atoms with Crippen molar-refractivity contribution >= 4 is 28.2 Å². The number of allylic oxidation sites excluding steroid dienone is 1. The highest BCUT2D eigenvalue weighted by atomic mass is 32.2. The van der Waals surface area contributed by atoms with Crippen LogP contribution in [0.3, 0.4) is 0 Å². The molecule has 0 spiro atoms. The average Bonchev–Trinajstić information content (AvgIpc) is 2.69. The summed E-state index contributed by atoms with van der Waals surface area (Å²) in [5.74, 6) is 0.560. The van der Waals surface area contributed by atoms with E-state index in [0.29, 0.717) is 24.9 Å². The number of aryl methyl sites for hydroxylation is 1. The lowest BCUT2D eigenvalue weighted by atomic mass is 10.1. The van der Waals surface area contributed by atoms with Crippen LogP contribution in [-0.4, -0.2) is 36.9 Å². The third kappa shape index (κ3) is 4.79. The van der Waals surface area contributed by atoms with Gasteiger partial charge in [-0.15, -0.1) is 0 Å². The Bertz CT molecular complexity index is 1060. The molecule has 0 aliphatic carbocycles. The SMILES string of the molecule is O=CC=Cc1c([N+](=O)[O-])ccc2c1OC(CCc1ccc(S(=O)(=O)O)cc1)CO2. The van der Waals surface area contributed by atoms with E-state index in [1.807, 2.05) is 0 Å². The molecule has 29 heavy (non-hydrogen) atoms. The molecule has 1 aliphatic heterocycles. The van der Waals surface area contributed by atoms with Crippen molar-refractivity contribution in [3.05, 3.63) is 63.7 Å². The Morgan fingerprint density at radius 2 is 1.93 bits per heavy atom. The van der Waals surface area contributed by atoms with Crippen LogP contribution in [-0.2, 0) is 21.3 Å². The van der Waals surface area contributed by atoms with E-state index in [0.717, 1.165) is 11.6 Å².